The molecule has 5 N–H and O–H groups in total. The van der Waals surface area contributed by atoms with Crippen molar-refractivity contribution in [2.45, 2.75) is 63.6 Å². The first-order valence-electron chi connectivity index (χ1n) is 10.8. The fourth-order valence-corrected chi connectivity index (χ4v) is 3.54. The number of rotatable bonds is 6. The van der Waals surface area contributed by atoms with Crippen molar-refractivity contribution >= 4 is 29.4 Å². The van der Waals surface area contributed by atoms with Crippen LogP contribution < -0.4 is 16.4 Å². The molecular formula is C21H29N7O3. The molecule has 10 nitrogen and oxygen atoms in total. The standard InChI is InChI=1S/C16H19N7O2.C5H10O/c1-18-13-7-12(22-15-10(14(17)24)8-20-23(13)15)21-11-3-2-6-19-16(11)25-9-4-5-9;6-5-3-1-2-4-5/h6-9,18H,2-5H2,1H3,(H2,17,24)(H,21,22);5-6H,1-4H2. The van der Waals surface area contributed by atoms with Gasteiger partial charge in [-0.15, -0.1) is 0 Å². The Kier molecular flexibility index (Phi) is 6.36. The van der Waals surface area contributed by atoms with Crippen molar-refractivity contribution in [3.63, 3.8) is 0 Å². The molecule has 0 atom stereocenters. The van der Waals surface area contributed by atoms with Gasteiger partial charge in [0.05, 0.1) is 18.0 Å². The normalized spacial score (nSPS) is 18.6. The van der Waals surface area contributed by atoms with Crippen molar-refractivity contribution in [1.82, 2.24) is 14.6 Å². The number of ether oxygens (including phenoxy) is 1. The molecule has 2 aromatic heterocycles. The molecule has 0 bridgehead atoms. The lowest BCUT2D eigenvalue weighted by molar-refractivity contribution is 0.100. The highest BCUT2D eigenvalue weighted by Crippen LogP contribution is 2.30. The molecule has 10 heteroatoms. The topological polar surface area (TPSA) is 139 Å². The van der Waals surface area contributed by atoms with Crippen molar-refractivity contribution in [3.8, 4) is 0 Å². The SMILES string of the molecule is CNc1cc(NC2=C(OC3CC3)N=CCC2)nc2c(C(N)=O)cnn12.OC1CCCC1. The van der Waals surface area contributed by atoms with Crippen molar-refractivity contribution < 1.29 is 14.6 Å². The number of primary amides is 1. The summed E-state index contributed by atoms with van der Waals surface area (Å²) in [6, 6.07) is 1.81. The van der Waals surface area contributed by atoms with Gasteiger partial charge in [-0.05, 0) is 38.5 Å². The van der Waals surface area contributed by atoms with Gasteiger partial charge in [0.1, 0.15) is 23.3 Å². The summed E-state index contributed by atoms with van der Waals surface area (Å²) in [6.45, 7) is 0. The zero-order valence-electron chi connectivity index (χ0n) is 17.7. The fourth-order valence-electron chi connectivity index (χ4n) is 3.54. The Labute approximate surface area is 180 Å². The number of nitrogens with one attached hydrogen (secondary N) is 2. The first kappa shape index (κ1) is 21.1. The van der Waals surface area contributed by atoms with Crippen LogP contribution in [0.2, 0.25) is 0 Å². The smallest absolute Gasteiger partial charge is 0.254 e. The van der Waals surface area contributed by atoms with E-state index < -0.39 is 5.91 Å². The fraction of sp³-hybridized carbons (Fsp3) is 0.524. The van der Waals surface area contributed by atoms with Crippen LogP contribution in [0.25, 0.3) is 5.65 Å². The monoisotopic (exact) mass is 427 g/mol. The number of allylic oxidation sites excluding steroid dienone is 1. The van der Waals surface area contributed by atoms with Gasteiger partial charge in [-0.3, -0.25) is 4.79 Å². The number of carbonyl (C=O) groups is 1. The van der Waals surface area contributed by atoms with Crippen molar-refractivity contribution in [2.24, 2.45) is 10.7 Å². The number of nitrogens with zero attached hydrogens (tertiary/aromatic N) is 4. The summed E-state index contributed by atoms with van der Waals surface area (Å²) in [5, 5.41) is 19.2. The molecule has 2 saturated carbocycles. The number of hydrogen-bond donors (Lipinski definition) is 4. The molecule has 5 rings (SSSR count). The van der Waals surface area contributed by atoms with Crippen LogP contribution in [0, 0.1) is 0 Å². The van der Waals surface area contributed by atoms with E-state index in [0.717, 1.165) is 44.2 Å². The molecule has 0 spiro atoms. The summed E-state index contributed by atoms with van der Waals surface area (Å²) < 4.78 is 7.40. The quantitative estimate of drug-likeness (QED) is 0.555. The molecule has 166 valence electrons. The first-order chi connectivity index (χ1) is 15.0. The number of anilines is 2. The van der Waals surface area contributed by atoms with E-state index in [1.54, 1.807) is 11.6 Å². The number of hydrogen-bond acceptors (Lipinski definition) is 8. The van der Waals surface area contributed by atoms with Gasteiger partial charge in [0, 0.05) is 19.3 Å². The number of aromatic nitrogens is 3. The summed E-state index contributed by atoms with van der Waals surface area (Å²) in [6.07, 6.45) is 11.9. The van der Waals surface area contributed by atoms with E-state index in [4.69, 9.17) is 15.6 Å². The third kappa shape index (κ3) is 5.13. The minimum absolute atomic E-state index is 0.0463. The third-order valence-corrected chi connectivity index (χ3v) is 5.39. The van der Waals surface area contributed by atoms with Gasteiger partial charge in [0.25, 0.3) is 5.91 Å². The molecule has 1 aliphatic heterocycles. The van der Waals surface area contributed by atoms with Gasteiger partial charge < -0.3 is 26.2 Å². The number of nitrogens with two attached hydrogens (primary N) is 1. The van der Waals surface area contributed by atoms with E-state index in [2.05, 4.69) is 25.7 Å². The first-order valence-corrected chi connectivity index (χ1v) is 10.8. The molecular weight excluding hydrogens is 398 g/mol. The highest BCUT2D eigenvalue weighted by molar-refractivity contribution is 5.98. The molecule has 0 unspecified atom stereocenters. The Morgan fingerprint density at radius 1 is 1.29 bits per heavy atom. The van der Waals surface area contributed by atoms with Crippen molar-refractivity contribution in [3.05, 3.63) is 29.4 Å². The third-order valence-electron chi connectivity index (χ3n) is 5.39. The molecule has 2 fully saturated rings. The van der Waals surface area contributed by atoms with Crippen LogP contribution in [-0.2, 0) is 4.74 Å². The van der Waals surface area contributed by atoms with Gasteiger partial charge in [-0.25, -0.2) is 9.98 Å². The van der Waals surface area contributed by atoms with Gasteiger partial charge in [0.2, 0.25) is 5.88 Å². The van der Waals surface area contributed by atoms with E-state index in [9.17, 15) is 4.79 Å². The average molecular weight is 428 g/mol. The molecule has 0 aromatic carbocycles. The maximum absolute atomic E-state index is 11.6. The number of amides is 1. The largest absolute Gasteiger partial charge is 0.473 e. The van der Waals surface area contributed by atoms with Crippen molar-refractivity contribution in [2.75, 3.05) is 17.7 Å². The van der Waals surface area contributed by atoms with E-state index in [-0.39, 0.29) is 17.8 Å². The Morgan fingerprint density at radius 3 is 2.68 bits per heavy atom. The van der Waals surface area contributed by atoms with Crippen molar-refractivity contribution in [1.29, 1.82) is 0 Å². The highest BCUT2D eigenvalue weighted by atomic mass is 16.5. The van der Waals surface area contributed by atoms with Gasteiger partial charge in [-0.1, -0.05) is 12.8 Å². The second-order valence-corrected chi connectivity index (χ2v) is 7.95. The molecule has 2 aromatic rings. The molecule has 2 aliphatic carbocycles. The van der Waals surface area contributed by atoms with E-state index in [1.165, 1.54) is 19.0 Å². The second kappa shape index (κ2) is 9.34. The predicted molar refractivity (Wildman–Crippen MR) is 118 cm³/mol. The number of aliphatic hydroxyl groups is 1. The Bertz CT molecular complexity index is 1000. The Balaban J connectivity index is 0.000000334. The Hall–Kier alpha value is -3.14. The van der Waals surface area contributed by atoms with Gasteiger partial charge in [-0.2, -0.15) is 9.61 Å². The van der Waals surface area contributed by atoms with E-state index >= 15 is 0 Å². The van der Waals surface area contributed by atoms with E-state index in [0.29, 0.717) is 23.2 Å². The lowest BCUT2D eigenvalue weighted by atomic mass is 10.2. The maximum Gasteiger partial charge on any atom is 0.254 e. The molecule has 1 amide bonds. The zero-order valence-corrected chi connectivity index (χ0v) is 17.7. The predicted octanol–water partition coefficient (Wildman–Crippen LogP) is 2.42. The molecule has 3 heterocycles. The lowest BCUT2D eigenvalue weighted by Gasteiger charge is -2.17. The summed E-state index contributed by atoms with van der Waals surface area (Å²) in [5.74, 6) is 1.31. The number of aliphatic hydroxyl groups excluding tert-OH is 1. The summed E-state index contributed by atoms with van der Waals surface area (Å²) in [7, 11) is 1.77. The molecule has 0 radical (unpaired) electrons. The average Bonchev–Trinajstić information content (AvgIpc) is 3.26. The van der Waals surface area contributed by atoms with Crippen LogP contribution in [0.5, 0.6) is 0 Å². The van der Waals surface area contributed by atoms with Gasteiger partial charge in [0.15, 0.2) is 5.65 Å². The molecule has 3 aliphatic rings. The van der Waals surface area contributed by atoms with Crippen LogP contribution >= 0.6 is 0 Å². The lowest BCUT2D eigenvalue weighted by Crippen LogP contribution is -2.14. The number of aliphatic imine (C=N–C) groups is 1. The van der Waals surface area contributed by atoms with Crippen LogP contribution in [0.3, 0.4) is 0 Å². The zero-order chi connectivity index (χ0) is 21.8. The summed E-state index contributed by atoms with van der Waals surface area (Å²) >= 11 is 0. The summed E-state index contributed by atoms with van der Waals surface area (Å²) in [5.41, 5.74) is 6.96. The summed E-state index contributed by atoms with van der Waals surface area (Å²) in [4.78, 5) is 20.5. The van der Waals surface area contributed by atoms with Crippen LogP contribution in [0.1, 0.15) is 61.7 Å². The highest BCUT2D eigenvalue weighted by Gasteiger charge is 2.26. The Morgan fingerprint density at radius 2 is 2.06 bits per heavy atom. The second-order valence-electron chi connectivity index (χ2n) is 7.95. The van der Waals surface area contributed by atoms with Crippen LogP contribution in [0.15, 0.2) is 28.8 Å². The van der Waals surface area contributed by atoms with Crippen LogP contribution in [0.4, 0.5) is 11.6 Å². The molecule has 0 saturated heterocycles. The minimum Gasteiger partial charge on any atom is -0.473 e. The van der Waals surface area contributed by atoms with Crippen LogP contribution in [-0.4, -0.2) is 51.1 Å². The van der Waals surface area contributed by atoms with E-state index in [1.807, 2.05) is 12.3 Å². The van der Waals surface area contributed by atoms with Gasteiger partial charge >= 0.3 is 0 Å². The maximum atomic E-state index is 11.6. The number of carbonyl (C=O) groups excluding carboxylic acids is 1. The number of fused-ring (bicyclic) bond motifs is 1. The molecule has 31 heavy (non-hydrogen) atoms. The minimum atomic E-state index is -0.569.